The van der Waals surface area contributed by atoms with Crippen LogP contribution in [-0.4, -0.2) is 45.4 Å². The summed E-state index contributed by atoms with van der Waals surface area (Å²) >= 11 is 0. The molecule has 9 heteroatoms. The molecule has 1 aromatic heterocycles. The summed E-state index contributed by atoms with van der Waals surface area (Å²) in [5.41, 5.74) is 0.371. The average molecular weight is 281 g/mol. The maximum atomic E-state index is 11.7. The number of nitrogens with one attached hydrogen (secondary N) is 3. The lowest BCUT2D eigenvalue weighted by atomic mass is 10.1. The molecule has 0 spiro atoms. The lowest BCUT2D eigenvalue weighted by Crippen LogP contribution is -2.45. The fourth-order valence-electron chi connectivity index (χ4n) is 1.94. The third kappa shape index (κ3) is 3.25. The topological polar surface area (TPSA) is 125 Å². The monoisotopic (exact) mass is 281 g/mol. The van der Waals surface area contributed by atoms with Gasteiger partial charge in [0.25, 0.3) is 0 Å². The molecule has 1 aliphatic heterocycles. The molecule has 1 saturated heterocycles. The van der Waals surface area contributed by atoms with Crippen molar-refractivity contribution in [3.63, 3.8) is 0 Å². The van der Waals surface area contributed by atoms with Crippen molar-refractivity contribution in [2.45, 2.75) is 18.5 Å². The summed E-state index contributed by atoms with van der Waals surface area (Å²) in [6, 6.07) is -2.15. The van der Waals surface area contributed by atoms with Crippen LogP contribution < -0.4 is 16.0 Å². The van der Waals surface area contributed by atoms with Crippen LogP contribution in [0.25, 0.3) is 0 Å². The largest absolute Gasteiger partial charge is 0.479 e. The van der Waals surface area contributed by atoms with Gasteiger partial charge in [0.05, 0.1) is 12.2 Å². The third-order valence-corrected chi connectivity index (χ3v) is 2.89. The Bertz CT molecular complexity index is 541. The van der Waals surface area contributed by atoms with E-state index in [4.69, 9.17) is 5.11 Å². The summed E-state index contributed by atoms with van der Waals surface area (Å²) in [4.78, 5) is 33.9. The number of amides is 3. The van der Waals surface area contributed by atoms with E-state index in [1.165, 1.54) is 17.1 Å². The van der Waals surface area contributed by atoms with Crippen molar-refractivity contribution >= 4 is 17.9 Å². The molecule has 0 radical (unpaired) electrons. The Labute approximate surface area is 114 Å². The molecular weight excluding hydrogens is 266 g/mol. The SMILES string of the molecule is Cn1cc(C(NC(=O)NC2CNC(=O)C2)C(=O)O)cn1. The highest BCUT2D eigenvalue weighted by molar-refractivity contribution is 5.85. The molecule has 1 fully saturated rings. The van der Waals surface area contributed by atoms with E-state index in [1.54, 1.807) is 7.05 Å². The number of carbonyl (C=O) groups is 3. The van der Waals surface area contributed by atoms with Crippen LogP contribution in [0.2, 0.25) is 0 Å². The van der Waals surface area contributed by atoms with E-state index in [0.29, 0.717) is 12.1 Å². The molecule has 3 amide bonds. The van der Waals surface area contributed by atoms with E-state index in [2.05, 4.69) is 21.0 Å². The first-order chi connectivity index (χ1) is 9.45. The zero-order valence-corrected chi connectivity index (χ0v) is 10.8. The average Bonchev–Trinajstić information content (AvgIpc) is 2.95. The van der Waals surface area contributed by atoms with E-state index in [0.717, 1.165) is 0 Å². The van der Waals surface area contributed by atoms with Crippen LogP contribution in [-0.2, 0) is 16.6 Å². The first-order valence-corrected chi connectivity index (χ1v) is 6.01. The highest BCUT2D eigenvalue weighted by atomic mass is 16.4. The van der Waals surface area contributed by atoms with Crippen molar-refractivity contribution in [3.8, 4) is 0 Å². The van der Waals surface area contributed by atoms with Gasteiger partial charge in [0.15, 0.2) is 6.04 Å². The maximum Gasteiger partial charge on any atom is 0.331 e. The molecule has 0 aliphatic carbocycles. The molecule has 0 saturated carbocycles. The van der Waals surface area contributed by atoms with Gasteiger partial charge in [-0.05, 0) is 0 Å². The van der Waals surface area contributed by atoms with E-state index in [1.807, 2.05) is 0 Å². The van der Waals surface area contributed by atoms with E-state index >= 15 is 0 Å². The normalized spacial score (nSPS) is 19.2. The van der Waals surface area contributed by atoms with Crippen molar-refractivity contribution in [2.75, 3.05) is 6.54 Å². The quantitative estimate of drug-likeness (QED) is 0.548. The molecule has 2 heterocycles. The Hall–Kier alpha value is -2.58. The summed E-state index contributed by atoms with van der Waals surface area (Å²) in [6.07, 6.45) is 3.08. The minimum atomic E-state index is -1.19. The summed E-state index contributed by atoms with van der Waals surface area (Å²) in [6.45, 7) is 0.344. The molecule has 20 heavy (non-hydrogen) atoms. The van der Waals surface area contributed by atoms with Crippen LogP contribution in [0.1, 0.15) is 18.0 Å². The predicted molar refractivity (Wildman–Crippen MR) is 66.7 cm³/mol. The number of aryl methyl sites for hydroxylation is 1. The van der Waals surface area contributed by atoms with Crippen molar-refractivity contribution in [3.05, 3.63) is 18.0 Å². The number of aliphatic carboxylic acids is 1. The predicted octanol–water partition coefficient (Wildman–Crippen LogP) is -1.27. The number of carbonyl (C=O) groups excluding carboxylic acids is 2. The lowest BCUT2D eigenvalue weighted by molar-refractivity contribution is -0.139. The Morgan fingerprint density at radius 1 is 1.60 bits per heavy atom. The van der Waals surface area contributed by atoms with Crippen molar-refractivity contribution < 1.29 is 19.5 Å². The number of hydrogen-bond acceptors (Lipinski definition) is 4. The second kappa shape index (κ2) is 5.59. The van der Waals surface area contributed by atoms with Crippen LogP contribution >= 0.6 is 0 Å². The number of nitrogens with zero attached hydrogens (tertiary/aromatic N) is 2. The first kappa shape index (κ1) is 13.8. The first-order valence-electron chi connectivity index (χ1n) is 6.01. The number of carboxylic acids is 1. The fraction of sp³-hybridized carbons (Fsp3) is 0.455. The molecule has 1 aromatic rings. The van der Waals surface area contributed by atoms with Crippen molar-refractivity contribution in [1.82, 2.24) is 25.7 Å². The van der Waals surface area contributed by atoms with E-state index < -0.39 is 18.0 Å². The van der Waals surface area contributed by atoms with Crippen LogP contribution in [0.15, 0.2) is 12.4 Å². The van der Waals surface area contributed by atoms with Crippen LogP contribution in [0.3, 0.4) is 0 Å². The van der Waals surface area contributed by atoms with Crippen molar-refractivity contribution in [2.24, 2.45) is 7.05 Å². The maximum absolute atomic E-state index is 11.7. The number of aromatic nitrogens is 2. The van der Waals surface area contributed by atoms with Crippen molar-refractivity contribution in [1.29, 1.82) is 0 Å². The van der Waals surface area contributed by atoms with Gasteiger partial charge in [-0.3, -0.25) is 9.48 Å². The van der Waals surface area contributed by atoms with Gasteiger partial charge in [0, 0.05) is 31.8 Å². The molecule has 108 valence electrons. The zero-order valence-electron chi connectivity index (χ0n) is 10.8. The second-order valence-corrected chi connectivity index (χ2v) is 4.54. The molecule has 9 nitrogen and oxygen atoms in total. The minimum Gasteiger partial charge on any atom is -0.479 e. The summed E-state index contributed by atoms with van der Waals surface area (Å²) < 4.78 is 1.45. The molecule has 1 aliphatic rings. The Morgan fingerprint density at radius 2 is 2.35 bits per heavy atom. The molecule has 0 aromatic carbocycles. The molecular formula is C11H15N5O4. The third-order valence-electron chi connectivity index (χ3n) is 2.89. The molecule has 2 unspecified atom stereocenters. The summed E-state index contributed by atoms with van der Waals surface area (Å²) in [7, 11) is 1.65. The van der Waals surface area contributed by atoms with E-state index in [-0.39, 0.29) is 18.4 Å². The smallest absolute Gasteiger partial charge is 0.331 e. The molecule has 0 bridgehead atoms. The molecule has 4 N–H and O–H groups in total. The number of carboxylic acid groups (broad SMARTS) is 1. The fourth-order valence-corrected chi connectivity index (χ4v) is 1.94. The van der Waals surface area contributed by atoms with Gasteiger partial charge in [-0.25, -0.2) is 9.59 Å². The Kier molecular flexibility index (Phi) is 3.87. The number of hydrogen-bond donors (Lipinski definition) is 4. The van der Waals surface area contributed by atoms with Crippen LogP contribution in [0.5, 0.6) is 0 Å². The number of urea groups is 1. The van der Waals surface area contributed by atoms with Gasteiger partial charge in [0.2, 0.25) is 5.91 Å². The van der Waals surface area contributed by atoms with Crippen LogP contribution in [0, 0.1) is 0 Å². The highest BCUT2D eigenvalue weighted by Crippen LogP contribution is 2.11. The highest BCUT2D eigenvalue weighted by Gasteiger charge is 2.27. The van der Waals surface area contributed by atoms with Gasteiger partial charge in [-0.2, -0.15) is 5.10 Å². The summed E-state index contributed by atoms with van der Waals surface area (Å²) in [5, 5.41) is 20.5. The molecule has 2 atom stereocenters. The van der Waals surface area contributed by atoms with Gasteiger partial charge in [0.1, 0.15) is 0 Å². The van der Waals surface area contributed by atoms with Gasteiger partial charge >= 0.3 is 12.0 Å². The van der Waals surface area contributed by atoms with Gasteiger partial charge in [-0.15, -0.1) is 0 Å². The Balaban J connectivity index is 1.96. The van der Waals surface area contributed by atoms with E-state index in [9.17, 15) is 14.4 Å². The summed E-state index contributed by atoms with van der Waals surface area (Å²) in [5.74, 6) is -1.33. The second-order valence-electron chi connectivity index (χ2n) is 4.54. The van der Waals surface area contributed by atoms with Gasteiger partial charge in [-0.1, -0.05) is 0 Å². The van der Waals surface area contributed by atoms with Gasteiger partial charge < -0.3 is 21.1 Å². The zero-order chi connectivity index (χ0) is 14.7. The standard InChI is InChI=1S/C11H15N5O4/c1-16-5-6(3-13-16)9(10(18)19)15-11(20)14-7-2-8(17)12-4-7/h3,5,7,9H,2,4H2,1H3,(H,12,17)(H,18,19)(H2,14,15,20). The molecule has 2 rings (SSSR count). The minimum absolute atomic E-state index is 0.141. The number of rotatable bonds is 4. The Morgan fingerprint density at radius 3 is 2.85 bits per heavy atom. The van der Waals surface area contributed by atoms with Crippen LogP contribution in [0.4, 0.5) is 4.79 Å². The lowest BCUT2D eigenvalue weighted by Gasteiger charge is -2.16.